The Bertz CT molecular complexity index is 751. The normalized spacial score (nSPS) is 15.1. The molecule has 0 saturated carbocycles. The van der Waals surface area contributed by atoms with Gasteiger partial charge in [-0.3, -0.25) is 10.1 Å². The summed E-state index contributed by atoms with van der Waals surface area (Å²) in [6.07, 6.45) is 0.884. The number of carbonyl (C=O) groups excluding carboxylic acids is 2. The van der Waals surface area contributed by atoms with Crippen molar-refractivity contribution in [3.8, 4) is 0 Å². The predicted octanol–water partition coefficient (Wildman–Crippen LogP) is 3.22. The molecule has 0 radical (unpaired) electrons. The number of nitrogens with zero attached hydrogens (tertiary/aromatic N) is 3. The zero-order valence-corrected chi connectivity index (χ0v) is 16.9. The number of methoxy groups -OCH3 is 1. The molecule has 1 saturated heterocycles. The fourth-order valence-corrected chi connectivity index (χ4v) is 3.23. The number of nitro benzene ring substituents is 1. The van der Waals surface area contributed by atoms with Crippen molar-refractivity contribution >= 4 is 23.4 Å². The third-order valence-electron chi connectivity index (χ3n) is 4.64. The highest BCUT2D eigenvalue weighted by atomic mass is 16.6. The minimum atomic E-state index is -0.743. The molecule has 1 aromatic rings. The summed E-state index contributed by atoms with van der Waals surface area (Å²) in [5.41, 5.74) is -0.515. The number of nitro groups is 1. The van der Waals surface area contributed by atoms with Gasteiger partial charge in [0.1, 0.15) is 16.9 Å². The first-order chi connectivity index (χ1) is 13.0. The predicted molar refractivity (Wildman–Crippen MR) is 104 cm³/mol. The molecule has 1 aliphatic rings. The third kappa shape index (κ3) is 4.90. The lowest BCUT2D eigenvalue weighted by molar-refractivity contribution is -0.384. The van der Waals surface area contributed by atoms with Crippen LogP contribution >= 0.6 is 0 Å². The van der Waals surface area contributed by atoms with Crippen LogP contribution in [0.3, 0.4) is 0 Å². The first-order valence-electron chi connectivity index (χ1n) is 9.11. The molecule has 1 aliphatic heterocycles. The molecular formula is C19H27N3O6. The van der Waals surface area contributed by atoms with Crippen molar-refractivity contribution in [1.82, 2.24) is 4.90 Å². The number of carbonyl (C=O) groups is 2. The number of anilines is 1. The van der Waals surface area contributed by atoms with Crippen LogP contribution in [0.15, 0.2) is 18.2 Å². The molecule has 1 aromatic carbocycles. The summed E-state index contributed by atoms with van der Waals surface area (Å²) >= 11 is 0. The lowest BCUT2D eigenvalue weighted by atomic mass is 10.0. The van der Waals surface area contributed by atoms with Crippen molar-refractivity contribution < 1.29 is 24.0 Å². The Balaban J connectivity index is 2.14. The Morgan fingerprint density at radius 3 is 2.36 bits per heavy atom. The maximum atomic E-state index is 12.3. The molecule has 28 heavy (non-hydrogen) atoms. The van der Waals surface area contributed by atoms with Crippen LogP contribution in [0.25, 0.3) is 0 Å². The van der Waals surface area contributed by atoms with Crippen LogP contribution in [0, 0.1) is 10.1 Å². The molecule has 2 rings (SSSR count). The van der Waals surface area contributed by atoms with E-state index in [0.717, 1.165) is 0 Å². The molecular weight excluding hydrogens is 366 g/mol. The van der Waals surface area contributed by atoms with E-state index in [-0.39, 0.29) is 23.4 Å². The van der Waals surface area contributed by atoms with Gasteiger partial charge in [0.2, 0.25) is 0 Å². The standard InChI is InChI=1S/C19H27N3O6/c1-19(2,3)28-18(24)20(4)13-9-11-21(12-10-13)15-8-6-7-14(17(23)27-5)16(15)22(25)26/h6-8,13H,9-12H2,1-5H3. The Hall–Kier alpha value is -2.84. The van der Waals surface area contributed by atoms with Crippen molar-refractivity contribution in [2.24, 2.45) is 0 Å². The lowest BCUT2D eigenvalue weighted by Gasteiger charge is -2.38. The average molecular weight is 393 g/mol. The van der Waals surface area contributed by atoms with Crippen molar-refractivity contribution in [3.05, 3.63) is 33.9 Å². The smallest absolute Gasteiger partial charge is 0.410 e. The van der Waals surface area contributed by atoms with E-state index in [4.69, 9.17) is 4.74 Å². The molecule has 0 bridgehead atoms. The van der Waals surface area contributed by atoms with Gasteiger partial charge in [-0.2, -0.15) is 0 Å². The SMILES string of the molecule is COC(=O)c1cccc(N2CCC(N(C)C(=O)OC(C)(C)C)CC2)c1[N+](=O)[O-]. The van der Waals surface area contributed by atoms with Gasteiger partial charge in [0, 0.05) is 26.2 Å². The van der Waals surface area contributed by atoms with Crippen LogP contribution in [0.2, 0.25) is 0 Å². The molecule has 0 unspecified atom stereocenters. The van der Waals surface area contributed by atoms with E-state index in [1.807, 2.05) is 25.7 Å². The van der Waals surface area contributed by atoms with Crippen LogP contribution < -0.4 is 4.90 Å². The largest absolute Gasteiger partial charge is 0.465 e. The first-order valence-corrected chi connectivity index (χ1v) is 9.11. The van der Waals surface area contributed by atoms with Crippen LogP contribution in [-0.2, 0) is 9.47 Å². The lowest BCUT2D eigenvalue weighted by Crippen LogP contribution is -2.47. The highest BCUT2D eigenvalue weighted by molar-refractivity contribution is 5.96. The zero-order valence-electron chi connectivity index (χ0n) is 16.9. The van der Waals surface area contributed by atoms with Gasteiger partial charge in [-0.15, -0.1) is 0 Å². The second-order valence-corrected chi connectivity index (χ2v) is 7.73. The van der Waals surface area contributed by atoms with Gasteiger partial charge in [0.25, 0.3) is 0 Å². The van der Waals surface area contributed by atoms with Crippen molar-refractivity contribution in [2.45, 2.75) is 45.3 Å². The first kappa shape index (κ1) is 21.5. The van der Waals surface area contributed by atoms with E-state index in [9.17, 15) is 19.7 Å². The molecule has 9 nitrogen and oxygen atoms in total. The van der Waals surface area contributed by atoms with Gasteiger partial charge in [-0.1, -0.05) is 6.07 Å². The molecule has 0 N–H and O–H groups in total. The van der Waals surface area contributed by atoms with Gasteiger partial charge in [-0.25, -0.2) is 9.59 Å². The van der Waals surface area contributed by atoms with Crippen molar-refractivity contribution in [2.75, 3.05) is 32.1 Å². The van der Waals surface area contributed by atoms with Gasteiger partial charge in [0.05, 0.1) is 12.0 Å². The maximum Gasteiger partial charge on any atom is 0.410 e. The van der Waals surface area contributed by atoms with Crippen molar-refractivity contribution in [3.63, 3.8) is 0 Å². The fourth-order valence-electron chi connectivity index (χ4n) is 3.23. The quantitative estimate of drug-likeness (QED) is 0.440. The van der Waals surface area contributed by atoms with E-state index < -0.39 is 16.5 Å². The number of amides is 1. The van der Waals surface area contributed by atoms with Crippen molar-refractivity contribution in [1.29, 1.82) is 0 Å². The van der Waals surface area contributed by atoms with E-state index in [1.165, 1.54) is 13.2 Å². The number of para-hydroxylation sites is 1. The van der Waals surface area contributed by atoms with Crippen LogP contribution in [0.1, 0.15) is 44.0 Å². The second kappa shape index (κ2) is 8.45. The number of ether oxygens (including phenoxy) is 2. The second-order valence-electron chi connectivity index (χ2n) is 7.73. The van der Waals surface area contributed by atoms with E-state index >= 15 is 0 Å². The third-order valence-corrected chi connectivity index (χ3v) is 4.64. The van der Waals surface area contributed by atoms with Gasteiger partial charge in [-0.05, 0) is 45.7 Å². The topological polar surface area (TPSA) is 102 Å². The maximum absolute atomic E-state index is 12.3. The molecule has 0 aromatic heterocycles. The summed E-state index contributed by atoms with van der Waals surface area (Å²) in [6.45, 7) is 6.48. The summed E-state index contributed by atoms with van der Waals surface area (Å²) < 4.78 is 10.1. The Morgan fingerprint density at radius 2 is 1.86 bits per heavy atom. The average Bonchev–Trinajstić information content (AvgIpc) is 2.64. The Labute approximate surface area is 164 Å². The summed E-state index contributed by atoms with van der Waals surface area (Å²) in [5.74, 6) is -0.743. The number of rotatable bonds is 4. The van der Waals surface area contributed by atoms with Crippen LogP contribution in [-0.4, -0.2) is 60.8 Å². The fraction of sp³-hybridized carbons (Fsp3) is 0.579. The number of esters is 1. The molecule has 0 spiro atoms. The molecule has 1 heterocycles. The number of piperidine rings is 1. The zero-order chi connectivity index (χ0) is 21.1. The van der Waals surface area contributed by atoms with E-state index in [0.29, 0.717) is 31.6 Å². The van der Waals surface area contributed by atoms with Gasteiger partial charge < -0.3 is 19.3 Å². The number of hydrogen-bond donors (Lipinski definition) is 0. The Kier molecular flexibility index (Phi) is 6.48. The molecule has 154 valence electrons. The van der Waals surface area contributed by atoms with Gasteiger partial charge >= 0.3 is 17.7 Å². The Morgan fingerprint density at radius 1 is 1.25 bits per heavy atom. The minimum absolute atomic E-state index is 0.0195. The molecule has 0 aliphatic carbocycles. The van der Waals surface area contributed by atoms with Crippen LogP contribution in [0.4, 0.5) is 16.2 Å². The van der Waals surface area contributed by atoms with Crippen LogP contribution in [0.5, 0.6) is 0 Å². The van der Waals surface area contributed by atoms with Gasteiger partial charge in [0.15, 0.2) is 0 Å². The minimum Gasteiger partial charge on any atom is -0.465 e. The summed E-state index contributed by atoms with van der Waals surface area (Å²) in [7, 11) is 2.89. The summed E-state index contributed by atoms with van der Waals surface area (Å²) in [4.78, 5) is 38.7. The number of hydrogen-bond acceptors (Lipinski definition) is 7. The molecule has 0 atom stereocenters. The highest BCUT2D eigenvalue weighted by Crippen LogP contribution is 2.34. The molecule has 1 amide bonds. The molecule has 1 fully saturated rings. The highest BCUT2D eigenvalue weighted by Gasteiger charge is 2.32. The monoisotopic (exact) mass is 393 g/mol. The van der Waals surface area contributed by atoms with E-state index in [2.05, 4.69) is 4.74 Å². The van der Waals surface area contributed by atoms with E-state index in [1.54, 1.807) is 24.1 Å². The number of benzene rings is 1. The summed E-state index contributed by atoms with van der Waals surface area (Å²) in [6, 6.07) is 4.60. The summed E-state index contributed by atoms with van der Waals surface area (Å²) in [5, 5.41) is 11.6. The molecule has 9 heteroatoms.